The molecule has 0 bridgehead atoms. The summed E-state index contributed by atoms with van der Waals surface area (Å²) in [4.78, 5) is 15.4. The van der Waals surface area contributed by atoms with Crippen molar-refractivity contribution < 1.29 is 4.79 Å². The normalized spacial score (nSPS) is 13.7. The molecule has 9 heteroatoms. The predicted octanol–water partition coefficient (Wildman–Crippen LogP) is 6.59. The lowest BCUT2D eigenvalue weighted by Gasteiger charge is -2.23. The zero-order valence-electron chi connectivity index (χ0n) is 15.1. The van der Waals surface area contributed by atoms with Gasteiger partial charge < -0.3 is 10.2 Å². The minimum Gasteiger partial charge on any atom is -0.369 e. The summed E-state index contributed by atoms with van der Waals surface area (Å²) in [6.07, 6.45) is 2.25. The van der Waals surface area contributed by atoms with Gasteiger partial charge in [0.05, 0.1) is 21.4 Å². The van der Waals surface area contributed by atoms with Gasteiger partial charge in [0.1, 0.15) is 4.88 Å². The van der Waals surface area contributed by atoms with E-state index in [0.717, 1.165) is 47.4 Å². The summed E-state index contributed by atoms with van der Waals surface area (Å²) in [5.74, 6) is -0.366. The number of fused-ring (bicyclic) bond motifs is 1. The molecule has 4 nitrogen and oxygen atoms in total. The van der Waals surface area contributed by atoms with Gasteiger partial charge in [-0.15, -0.1) is 11.3 Å². The first-order chi connectivity index (χ1) is 13.9. The van der Waals surface area contributed by atoms with E-state index in [4.69, 9.17) is 47.0 Å². The molecule has 1 aliphatic rings. The lowest BCUT2D eigenvalue weighted by Crippen LogP contribution is -2.34. The zero-order chi connectivity index (χ0) is 20.5. The number of anilines is 2. The number of hydrogen-bond donors (Lipinski definition) is 2. The summed E-state index contributed by atoms with van der Waals surface area (Å²) in [7, 11) is 0. The summed E-state index contributed by atoms with van der Waals surface area (Å²) in [5.41, 5.74) is 1.66. The highest BCUT2D eigenvalue weighted by Crippen LogP contribution is 2.37. The maximum absolute atomic E-state index is 12.7. The molecule has 0 spiro atoms. The third-order valence-electron chi connectivity index (χ3n) is 4.68. The van der Waals surface area contributed by atoms with Crippen LogP contribution in [0, 0.1) is 0 Å². The van der Waals surface area contributed by atoms with E-state index in [1.165, 1.54) is 11.3 Å². The molecule has 0 saturated carbocycles. The molecule has 2 aromatic carbocycles. The van der Waals surface area contributed by atoms with E-state index in [-0.39, 0.29) is 11.0 Å². The van der Waals surface area contributed by atoms with Crippen LogP contribution < -0.4 is 15.5 Å². The minimum absolute atomic E-state index is 0.185. The highest BCUT2D eigenvalue weighted by molar-refractivity contribution is 7.80. The van der Waals surface area contributed by atoms with Gasteiger partial charge in [0.2, 0.25) is 0 Å². The third-order valence-corrected chi connectivity index (χ3v) is 7.08. The molecule has 29 heavy (non-hydrogen) atoms. The number of rotatable bonds is 3. The van der Waals surface area contributed by atoms with Gasteiger partial charge in [-0.25, -0.2) is 0 Å². The Labute approximate surface area is 192 Å². The summed E-state index contributed by atoms with van der Waals surface area (Å²) in [6.45, 7) is 1.88. The fourth-order valence-electron chi connectivity index (χ4n) is 3.38. The van der Waals surface area contributed by atoms with Crippen molar-refractivity contribution in [2.75, 3.05) is 23.3 Å². The number of nitrogens with one attached hydrogen (secondary N) is 2. The van der Waals surface area contributed by atoms with Gasteiger partial charge in [0, 0.05) is 28.2 Å². The van der Waals surface area contributed by atoms with Crippen molar-refractivity contribution >= 4 is 90.8 Å². The molecule has 0 unspecified atom stereocenters. The molecule has 1 aliphatic heterocycles. The average Bonchev–Trinajstić information content (AvgIpc) is 3.30. The summed E-state index contributed by atoms with van der Waals surface area (Å²) in [5, 5.41) is 8.42. The van der Waals surface area contributed by atoms with Crippen molar-refractivity contribution in [3.05, 3.63) is 56.3 Å². The Morgan fingerprint density at radius 1 is 1.10 bits per heavy atom. The van der Waals surface area contributed by atoms with Crippen molar-refractivity contribution in [1.82, 2.24) is 5.32 Å². The summed E-state index contributed by atoms with van der Waals surface area (Å²) < 4.78 is 0.845. The van der Waals surface area contributed by atoms with E-state index < -0.39 is 0 Å². The molecule has 0 atom stereocenters. The molecule has 2 N–H and O–H groups in total. The second-order valence-corrected chi connectivity index (χ2v) is 9.31. The highest BCUT2D eigenvalue weighted by atomic mass is 35.5. The Bertz CT molecular complexity index is 1110. The number of para-hydroxylation sites is 1. The van der Waals surface area contributed by atoms with Crippen molar-refractivity contribution in [2.45, 2.75) is 12.8 Å². The highest BCUT2D eigenvalue weighted by Gasteiger charge is 2.21. The van der Waals surface area contributed by atoms with Crippen LogP contribution in [-0.4, -0.2) is 24.1 Å². The van der Waals surface area contributed by atoms with Gasteiger partial charge in [-0.2, -0.15) is 0 Å². The molecular formula is C20H16Cl3N3OS2. The van der Waals surface area contributed by atoms with E-state index in [0.29, 0.717) is 19.9 Å². The number of hydrogen-bond acceptors (Lipinski definition) is 4. The first-order valence-electron chi connectivity index (χ1n) is 8.97. The molecule has 4 rings (SSSR count). The van der Waals surface area contributed by atoms with E-state index in [1.807, 2.05) is 18.2 Å². The number of amides is 1. The van der Waals surface area contributed by atoms with Gasteiger partial charge in [0.25, 0.3) is 5.91 Å². The van der Waals surface area contributed by atoms with E-state index >= 15 is 0 Å². The molecule has 0 radical (unpaired) electrons. The van der Waals surface area contributed by atoms with Crippen LogP contribution in [0.3, 0.4) is 0 Å². The van der Waals surface area contributed by atoms with E-state index in [2.05, 4.69) is 15.5 Å². The van der Waals surface area contributed by atoms with Crippen LogP contribution in [0.1, 0.15) is 22.5 Å². The Balaban J connectivity index is 1.53. The smallest absolute Gasteiger partial charge is 0.269 e. The van der Waals surface area contributed by atoms with Crippen molar-refractivity contribution in [2.24, 2.45) is 0 Å². The van der Waals surface area contributed by atoms with Crippen molar-refractivity contribution in [1.29, 1.82) is 0 Å². The van der Waals surface area contributed by atoms with Crippen LogP contribution in [0.15, 0.2) is 36.4 Å². The van der Waals surface area contributed by atoms with Crippen LogP contribution in [-0.2, 0) is 0 Å². The Morgan fingerprint density at radius 2 is 1.86 bits per heavy atom. The van der Waals surface area contributed by atoms with Crippen LogP contribution in [0.4, 0.5) is 11.4 Å². The van der Waals surface area contributed by atoms with Gasteiger partial charge >= 0.3 is 0 Å². The number of thiocarbonyl (C=S) groups is 1. The molecule has 1 saturated heterocycles. The molecule has 1 amide bonds. The first-order valence-corrected chi connectivity index (χ1v) is 11.3. The third kappa shape index (κ3) is 4.32. The SMILES string of the molecule is O=C(NC(=S)Nc1cccc(Cl)c1N1CCCC1)c1sc2cc(Cl)ccc2c1Cl. The van der Waals surface area contributed by atoms with E-state index in [1.54, 1.807) is 18.2 Å². The van der Waals surface area contributed by atoms with Crippen LogP contribution in [0.5, 0.6) is 0 Å². The van der Waals surface area contributed by atoms with Crippen LogP contribution >= 0.6 is 58.4 Å². The average molecular weight is 485 g/mol. The molecular weight excluding hydrogens is 469 g/mol. The second-order valence-electron chi connectivity index (χ2n) is 6.62. The number of halogens is 3. The minimum atomic E-state index is -0.366. The van der Waals surface area contributed by atoms with Crippen LogP contribution in [0.25, 0.3) is 10.1 Å². The van der Waals surface area contributed by atoms with Crippen LogP contribution in [0.2, 0.25) is 15.1 Å². The molecule has 150 valence electrons. The predicted molar refractivity (Wildman–Crippen MR) is 128 cm³/mol. The number of carbonyl (C=O) groups excluding carboxylic acids is 1. The Morgan fingerprint density at radius 3 is 2.62 bits per heavy atom. The number of carbonyl (C=O) groups is 1. The monoisotopic (exact) mass is 483 g/mol. The molecule has 1 fully saturated rings. The zero-order valence-corrected chi connectivity index (χ0v) is 19.0. The number of nitrogens with zero attached hydrogens (tertiary/aromatic N) is 1. The summed E-state index contributed by atoms with van der Waals surface area (Å²) in [6, 6.07) is 10.9. The quantitative estimate of drug-likeness (QED) is 0.412. The fraction of sp³-hybridized carbons (Fsp3) is 0.200. The Kier molecular flexibility index (Phi) is 6.18. The molecule has 2 heterocycles. The lowest BCUT2D eigenvalue weighted by atomic mass is 10.2. The van der Waals surface area contributed by atoms with Gasteiger partial charge in [-0.05, 0) is 49.3 Å². The fourth-order valence-corrected chi connectivity index (χ4v) is 5.56. The summed E-state index contributed by atoms with van der Waals surface area (Å²) >= 11 is 25.5. The lowest BCUT2D eigenvalue weighted by molar-refractivity contribution is 0.0982. The number of thiophene rings is 1. The topological polar surface area (TPSA) is 44.4 Å². The standard InChI is InChI=1S/C20H16Cl3N3OS2/c21-11-6-7-12-15(10-11)29-18(16(12)23)19(27)25-20(28)24-14-5-3-4-13(22)17(14)26-8-1-2-9-26/h3-7,10H,1-2,8-9H2,(H2,24,25,27,28). The molecule has 3 aromatic rings. The second kappa shape index (κ2) is 8.66. The first kappa shape index (κ1) is 20.7. The maximum Gasteiger partial charge on any atom is 0.269 e. The van der Waals surface area contributed by atoms with Gasteiger partial charge in [0.15, 0.2) is 5.11 Å². The Hall–Kier alpha value is -1.57. The van der Waals surface area contributed by atoms with Crippen molar-refractivity contribution in [3.63, 3.8) is 0 Å². The van der Waals surface area contributed by atoms with Gasteiger partial charge in [-0.1, -0.05) is 46.9 Å². The maximum atomic E-state index is 12.7. The molecule has 1 aromatic heterocycles. The number of benzene rings is 2. The molecule has 0 aliphatic carbocycles. The largest absolute Gasteiger partial charge is 0.369 e. The van der Waals surface area contributed by atoms with Crippen molar-refractivity contribution in [3.8, 4) is 0 Å². The van der Waals surface area contributed by atoms with E-state index in [9.17, 15) is 4.79 Å². The van der Waals surface area contributed by atoms with Gasteiger partial charge in [-0.3, -0.25) is 10.1 Å².